The molecule has 0 radical (unpaired) electrons. The zero-order valence-corrected chi connectivity index (χ0v) is 10.0. The highest BCUT2D eigenvalue weighted by molar-refractivity contribution is 7.16. The Balaban J connectivity index is 2.00. The minimum atomic E-state index is -1.24. The number of alkyl halides is 1. The highest BCUT2D eigenvalue weighted by Crippen LogP contribution is 2.34. The van der Waals surface area contributed by atoms with Gasteiger partial charge in [0.15, 0.2) is 10.3 Å². The molecule has 4 nitrogen and oxygen atoms in total. The van der Waals surface area contributed by atoms with E-state index >= 15 is 0 Å². The summed E-state index contributed by atoms with van der Waals surface area (Å²) in [6.45, 7) is 0.103. The van der Waals surface area contributed by atoms with E-state index in [0.717, 1.165) is 12.8 Å². The second-order valence-electron chi connectivity index (χ2n) is 4.54. The first-order valence-electron chi connectivity index (χ1n) is 5.66. The van der Waals surface area contributed by atoms with Crippen LogP contribution in [0.2, 0.25) is 0 Å². The van der Waals surface area contributed by atoms with Gasteiger partial charge < -0.3 is 0 Å². The molecule has 2 aromatic rings. The number of fused-ring (bicyclic) bond motifs is 1. The van der Waals surface area contributed by atoms with E-state index in [1.54, 1.807) is 5.51 Å². The number of hydrogen-bond acceptors (Lipinski definition) is 4. The van der Waals surface area contributed by atoms with Crippen LogP contribution in [0, 0.1) is 0 Å². The predicted octanol–water partition coefficient (Wildman–Crippen LogP) is 2.14. The maximum Gasteiger partial charge on any atom is 0.280 e. The van der Waals surface area contributed by atoms with Crippen LogP contribution in [0.3, 0.4) is 0 Å². The minimum Gasteiger partial charge on any atom is -0.294 e. The molecule has 0 aliphatic heterocycles. The van der Waals surface area contributed by atoms with Crippen molar-refractivity contribution in [2.75, 3.05) is 0 Å². The molecule has 0 amide bonds. The van der Waals surface area contributed by atoms with Gasteiger partial charge in [0.25, 0.3) is 5.56 Å². The second kappa shape index (κ2) is 3.87. The number of aromatic nitrogens is 3. The molecule has 17 heavy (non-hydrogen) atoms. The van der Waals surface area contributed by atoms with Crippen LogP contribution in [-0.4, -0.2) is 20.2 Å². The summed E-state index contributed by atoms with van der Waals surface area (Å²) in [5.74, 6) is 0. The molecule has 2 heterocycles. The van der Waals surface area contributed by atoms with Gasteiger partial charge in [0.2, 0.25) is 0 Å². The molecule has 0 atom stereocenters. The Morgan fingerprint density at radius 1 is 1.41 bits per heavy atom. The molecule has 2 aromatic heterocycles. The maximum absolute atomic E-state index is 14.3. The average molecular weight is 253 g/mol. The van der Waals surface area contributed by atoms with Crippen molar-refractivity contribution < 1.29 is 4.39 Å². The molecule has 0 saturated heterocycles. The summed E-state index contributed by atoms with van der Waals surface area (Å²) >= 11 is 1.32. The molecule has 0 bridgehead atoms. The van der Waals surface area contributed by atoms with Gasteiger partial charge in [0.05, 0.1) is 18.4 Å². The Hall–Kier alpha value is -1.30. The van der Waals surface area contributed by atoms with E-state index in [1.165, 1.54) is 22.2 Å². The summed E-state index contributed by atoms with van der Waals surface area (Å²) in [6, 6.07) is 0. The van der Waals surface area contributed by atoms with Crippen molar-refractivity contribution in [2.24, 2.45) is 0 Å². The molecule has 1 aliphatic carbocycles. The smallest absolute Gasteiger partial charge is 0.280 e. The molecule has 1 aliphatic rings. The molecule has 3 rings (SSSR count). The molecule has 1 saturated carbocycles. The van der Waals surface area contributed by atoms with Crippen LogP contribution < -0.4 is 5.56 Å². The number of hydrogen-bond donors (Lipinski definition) is 0. The normalized spacial score (nSPS) is 18.9. The predicted molar refractivity (Wildman–Crippen MR) is 64.0 cm³/mol. The third kappa shape index (κ3) is 1.86. The summed E-state index contributed by atoms with van der Waals surface area (Å²) < 4.78 is 15.7. The van der Waals surface area contributed by atoms with Crippen LogP contribution in [0.15, 0.2) is 16.6 Å². The first-order valence-corrected chi connectivity index (χ1v) is 6.53. The number of nitrogens with zero attached hydrogens (tertiary/aromatic N) is 3. The highest BCUT2D eigenvalue weighted by atomic mass is 32.1. The fourth-order valence-corrected chi connectivity index (χ4v) is 2.99. The van der Waals surface area contributed by atoms with Crippen molar-refractivity contribution in [2.45, 2.75) is 37.9 Å². The molecule has 1 fully saturated rings. The molecule has 90 valence electrons. The van der Waals surface area contributed by atoms with Gasteiger partial charge in [0, 0.05) is 0 Å². The van der Waals surface area contributed by atoms with E-state index < -0.39 is 5.67 Å². The van der Waals surface area contributed by atoms with Crippen molar-refractivity contribution in [3.63, 3.8) is 0 Å². The van der Waals surface area contributed by atoms with E-state index in [9.17, 15) is 9.18 Å². The van der Waals surface area contributed by atoms with Gasteiger partial charge in [-0.05, 0) is 12.8 Å². The highest BCUT2D eigenvalue weighted by Gasteiger charge is 2.34. The van der Waals surface area contributed by atoms with Crippen molar-refractivity contribution in [3.8, 4) is 0 Å². The van der Waals surface area contributed by atoms with Gasteiger partial charge in [-0.25, -0.2) is 14.4 Å². The molecular formula is C11H12FN3OS. The number of halogens is 1. The molecule has 0 N–H and O–H groups in total. The Morgan fingerprint density at radius 2 is 2.18 bits per heavy atom. The Kier molecular flexibility index (Phi) is 2.47. The fraction of sp³-hybridized carbons (Fsp3) is 0.545. The Morgan fingerprint density at radius 3 is 2.94 bits per heavy atom. The van der Waals surface area contributed by atoms with Crippen molar-refractivity contribution in [3.05, 3.63) is 22.2 Å². The lowest BCUT2D eigenvalue weighted by molar-refractivity contribution is 0.143. The summed E-state index contributed by atoms with van der Waals surface area (Å²) in [4.78, 5) is 20.7. The van der Waals surface area contributed by atoms with E-state index in [-0.39, 0.29) is 12.1 Å². The van der Waals surface area contributed by atoms with Crippen molar-refractivity contribution >= 4 is 21.7 Å². The lowest BCUT2D eigenvalue weighted by Gasteiger charge is -2.19. The van der Waals surface area contributed by atoms with Gasteiger partial charge in [0.1, 0.15) is 5.67 Å². The van der Waals surface area contributed by atoms with Gasteiger partial charge in [-0.15, -0.1) is 11.3 Å². The number of thiazole rings is 1. The summed E-state index contributed by atoms with van der Waals surface area (Å²) in [5.41, 5.74) is 0.457. The van der Waals surface area contributed by atoms with Crippen molar-refractivity contribution in [1.29, 1.82) is 0 Å². The third-order valence-corrected chi connectivity index (χ3v) is 4.01. The zero-order valence-electron chi connectivity index (χ0n) is 9.23. The first kappa shape index (κ1) is 10.8. The Labute approximate surface area is 101 Å². The van der Waals surface area contributed by atoms with Gasteiger partial charge in [-0.1, -0.05) is 12.8 Å². The van der Waals surface area contributed by atoms with Crippen molar-refractivity contribution in [1.82, 2.24) is 14.5 Å². The Bertz CT molecular complexity index is 600. The molecular weight excluding hydrogens is 241 g/mol. The summed E-state index contributed by atoms with van der Waals surface area (Å²) in [7, 11) is 0. The van der Waals surface area contributed by atoms with Crippen LogP contribution in [0.25, 0.3) is 10.3 Å². The topological polar surface area (TPSA) is 47.8 Å². The maximum atomic E-state index is 14.3. The fourth-order valence-electron chi connectivity index (χ4n) is 2.37. The van der Waals surface area contributed by atoms with E-state index in [0.29, 0.717) is 23.2 Å². The molecule has 0 unspecified atom stereocenters. The lowest BCUT2D eigenvalue weighted by atomic mass is 10.1. The average Bonchev–Trinajstić information content (AvgIpc) is 2.92. The second-order valence-corrected chi connectivity index (χ2v) is 5.37. The molecule has 0 spiro atoms. The van der Waals surface area contributed by atoms with E-state index in [4.69, 9.17) is 0 Å². The van der Waals surface area contributed by atoms with Crippen LogP contribution >= 0.6 is 11.3 Å². The monoisotopic (exact) mass is 253 g/mol. The van der Waals surface area contributed by atoms with Gasteiger partial charge in [-0.3, -0.25) is 9.36 Å². The first-order chi connectivity index (χ1) is 8.18. The van der Waals surface area contributed by atoms with Gasteiger partial charge in [-0.2, -0.15) is 0 Å². The summed E-state index contributed by atoms with van der Waals surface area (Å²) in [6.07, 6.45) is 4.31. The SMILES string of the molecule is O=c1c2ncsc2ncn1CC1(F)CCCC1. The summed E-state index contributed by atoms with van der Waals surface area (Å²) in [5, 5.41) is 0. The van der Waals surface area contributed by atoms with Gasteiger partial charge >= 0.3 is 0 Å². The molecule has 0 aromatic carbocycles. The largest absolute Gasteiger partial charge is 0.294 e. The standard InChI is InChI=1S/C11H12FN3OS/c12-11(3-1-2-4-11)5-15-6-13-9-8(10(15)16)14-7-17-9/h6-7H,1-5H2. The third-order valence-electron chi connectivity index (χ3n) is 3.28. The van der Waals surface area contributed by atoms with Crippen LogP contribution in [0.4, 0.5) is 4.39 Å². The van der Waals surface area contributed by atoms with E-state index in [2.05, 4.69) is 9.97 Å². The zero-order chi connectivity index (χ0) is 11.9. The van der Waals surface area contributed by atoms with E-state index in [1.807, 2.05) is 0 Å². The quantitative estimate of drug-likeness (QED) is 0.823. The molecule has 6 heteroatoms. The van der Waals surface area contributed by atoms with Crippen LogP contribution in [0.1, 0.15) is 25.7 Å². The number of rotatable bonds is 2. The van der Waals surface area contributed by atoms with Crippen LogP contribution in [-0.2, 0) is 6.54 Å². The minimum absolute atomic E-state index is 0.103. The lowest BCUT2D eigenvalue weighted by Crippen LogP contribution is -2.32. The van der Waals surface area contributed by atoms with Crippen LogP contribution in [0.5, 0.6) is 0 Å².